The number of hydrogen-bond acceptors (Lipinski definition) is 1. The van der Waals surface area contributed by atoms with Crippen LogP contribution in [-0.2, 0) is 11.2 Å². The molecule has 0 saturated heterocycles. The summed E-state index contributed by atoms with van der Waals surface area (Å²) >= 11 is 0. The van der Waals surface area contributed by atoms with Crippen LogP contribution < -0.4 is 0 Å². The molecule has 0 amide bonds. The molecule has 0 N–H and O–H groups in total. The van der Waals surface area contributed by atoms with Gasteiger partial charge < -0.3 is 0 Å². The van der Waals surface area contributed by atoms with Crippen molar-refractivity contribution in [2.45, 2.75) is 46.0 Å². The van der Waals surface area contributed by atoms with Crippen molar-refractivity contribution in [2.75, 3.05) is 0 Å². The van der Waals surface area contributed by atoms with Gasteiger partial charge in [0.15, 0.2) is 0 Å². The van der Waals surface area contributed by atoms with E-state index in [1.54, 1.807) is 0 Å². The zero-order valence-corrected chi connectivity index (χ0v) is 10.9. The molecular formula is C16H22O. The fourth-order valence-corrected chi connectivity index (χ4v) is 2.88. The maximum absolute atomic E-state index is 12.2. The third-order valence-corrected chi connectivity index (χ3v) is 4.20. The Morgan fingerprint density at radius 3 is 2.71 bits per heavy atom. The van der Waals surface area contributed by atoms with Gasteiger partial charge in [-0.25, -0.2) is 0 Å². The van der Waals surface area contributed by atoms with Crippen LogP contribution in [0.2, 0.25) is 0 Å². The van der Waals surface area contributed by atoms with Crippen molar-refractivity contribution in [3.05, 3.63) is 35.4 Å². The fourth-order valence-electron chi connectivity index (χ4n) is 2.88. The second kappa shape index (κ2) is 5.48. The Bertz CT molecular complexity index is 394. The second-order valence-electron chi connectivity index (χ2n) is 5.35. The highest BCUT2D eigenvalue weighted by Gasteiger charge is 2.28. The average molecular weight is 230 g/mol. The van der Waals surface area contributed by atoms with Gasteiger partial charge in [-0.05, 0) is 43.2 Å². The van der Waals surface area contributed by atoms with E-state index >= 15 is 0 Å². The molecule has 1 nitrogen and oxygen atoms in total. The molecule has 0 bridgehead atoms. The molecule has 17 heavy (non-hydrogen) atoms. The molecule has 2 unspecified atom stereocenters. The molecule has 0 aliphatic heterocycles. The first-order chi connectivity index (χ1) is 8.20. The van der Waals surface area contributed by atoms with Crippen molar-refractivity contribution in [2.24, 2.45) is 11.8 Å². The number of carbonyl (C=O) groups is 1. The van der Waals surface area contributed by atoms with E-state index in [4.69, 9.17) is 0 Å². The second-order valence-corrected chi connectivity index (χ2v) is 5.35. The first-order valence-corrected chi connectivity index (χ1v) is 6.78. The van der Waals surface area contributed by atoms with Crippen molar-refractivity contribution in [3.8, 4) is 0 Å². The van der Waals surface area contributed by atoms with Gasteiger partial charge in [0.1, 0.15) is 5.78 Å². The summed E-state index contributed by atoms with van der Waals surface area (Å²) in [4.78, 5) is 12.2. The Morgan fingerprint density at radius 2 is 2.06 bits per heavy atom. The van der Waals surface area contributed by atoms with E-state index in [0.29, 0.717) is 18.1 Å². The molecule has 1 aromatic carbocycles. The average Bonchev–Trinajstić information content (AvgIpc) is 2.81. The molecule has 0 spiro atoms. The summed E-state index contributed by atoms with van der Waals surface area (Å²) < 4.78 is 0. The van der Waals surface area contributed by atoms with Crippen molar-refractivity contribution in [3.63, 3.8) is 0 Å². The zero-order chi connectivity index (χ0) is 12.3. The van der Waals surface area contributed by atoms with Crippen LogP contribution in [0.3, 0.4) is 0 Å². The Labute approximate surface area is 104 Å². The van der Waals surface area contributed by atoms with E-state index in [1.165, 1.54) is 24.0 Å². The summed E-state index contributed by atoms with van der Waals surface area (Å²) in [6.45, 7) is 4.32. The number of benzene rings is 1. The maximum atomic E-state index is 12.2. The highest BCUT2D eigenvalue weighted by Crippen LogP contribution is 2.34. The highest BCUT2D eigenvalue weighted by molar-refractivity contribution is 5.83. The van der Waals surface area contributed by atoms with Crippen LogP contribution in [0.15, 0.2) is 24.3 Å². The molecule has 2 rings (SSSR count). The van der Waals surface area contributed by atoms with Crippen molar-refractivity contribution in [1.29, 1.82) is 0 Å². The lowest BCUT2D eigenvalue weighted by Gasteiger charge is -2.10. The Balaban J connectivity index is 1.96. The lowest BCUT2D eigenvalue weighted by Crippen LogP contribution is -2.14. The van der Waals surface area contributed by atoms with E-state index < -0.39 is 0 Å². The van der Waals surface area contributed by atoms with Gasteiger partial charge in [0, 0.05) is 12.3 Å². The van der Waals surface area contributed by atoms with Gasteiger partial charge in [-0.15, -0.1) is 0 Å². The van der Waals surface area contributed by atoms with Gasteiger partial charge in [0.05, 0.1) is 0 Å². The number of hydrogen-bond donors (Lipinski definition) is 0. The van der Waals surface area contributed by atoms with Gasteiger partial charge in [0.25, 0.3) is 0 Å². The molecule has 1 saturated carbocycles. The summed E-state index contributed by atoms with van der Waals surface area (Å²) in [6, 6.07) is 8.23. The molecule has 2 atom stereocenters. The normalized spacial score (nSPS) is 23.9. The van der Waals surface area contributed by atoms with E-state index in [9.17, 15) is 4.79 Å². The van der Waals surface area contributed by atoms with E-state index in [2.05, 4.69) is 26.0 Å². The van der Waals surface area contributed by atoms with Gasteiger partial charge in [-0.2, -0.15) is 0 Å². The molecule has 1 heteroatoms. The van der Waals surface area contributed by atoms with E-state index in [-0.39, 0.29) is 0 Å². The Kier molecular flexibility index (Phi) is 3.98. The standard InChI is InChI=1S/C16H22O/c1-3-13-8-9-15(10-13)16(17)11-14-7-5-4-6-12(14)2/h4-7,13,15H,3,8-11H2,1-2H3. The fraction of sp³-hybridized carbons (Fsp3) is 0.562. The van der Waals surface area contributed by atoms with E-state index in [0.717, 1.165) is 18.8 Å². The minimum atomic E-state index is 0.333. The van der Waals surface area contributed by atoms with E-state index in [1.807, 2.05) is 12.1 Å². The predicted molar refractivity (Wildman–Crippen MR) is 71.0 cm³/mol. The molecule has 1 aliphatic carbocycles. The lowest BCUT2D eigenvalue weighted by atomic mass is 9.93. The topological polar surface area (TPSA) is 17.1 Å². The molecule has 1 aromatic rings. The smallest absolute Gasteiger partial charge is 0.140 e. The van der Waals surface area contributed by atoms with Crippen LogP contribution in [-0.4, -0.2) is 5.78 Å². The highest BCUT2D eigenvalue weighted by atomic mass is 16.1. The first-order valence-electron chi connectivity index (χ1n) is 6.78. The molecule has 0 heterocycles. The molecule has 0 aromatic heterocycles. The summed E-state index contributed by atoms with van der Waals surface area (Å²) in [5.74, 6) is 1.58. The van der Waals surface area contributed by atoms with Gasteiger partial charge in [-0.3, -0.25) is 4.79 Å². The molecule has 1 aliphatic rings. The van der Waals surface area contributed by atoms with Crippen molar-refractivity contribution >= 4 is 5.78 Å². The molecule has 92 valence electrons. The number of Topliss-reactive ketones (excluding diaryl/α,β-unsaturated/α-hetero) is 1. The minimum Gasteiger partial charge on any atom is -0.299 e. The number of ketones is 1. The van der Waals surface area contributed by atoms with Crippen LogP contribution in [0.25, 0.3) is 0 Å². The molecule has 1 fully saturated rings. The van der Waals surface area contributed by atoms with Crippen LogP contribution in [0.1, 0.15) is 43.7 Å². The summed E-state index contributed by atoms with van der Waals surface area (Å²) in [5, 5.41) is 0. The first kappa shape index (κ1) is 12.3. The number of carbonyl (C=O) groups excluding carboxylic acids is 1. The third-order valence-electron chi connectivity index (χ3n) is 4.20. The summed E-state index contributed by atoms with van der Waals surface area (Å²) in [7, 11) is 0. The summed E-state index contributed by atoms with van der Waals surface area (Å²) in [6.07, 6.45) is 5.35. The lowest BCUT2D eigenvalue weighted by molar-refractivity contribution is -0.122. The third kappa shape index (κ3) is 2.96. The molecular weight excluding hydrogens is 208 g/mol. The monoisotopic (exact) mass is 230 g/mol. The van der Waals surface area contributed by atoms with Crippen LogP contribution in [0.5, 0.6) is 0 Å². The quantitative estimate of drug-likeness (QED) is 0.766. The largest absolute Gasteiger partial charge is 0.299 e. The summed E-state index contributed by atoms with van der Waals surface area (Å²) in [5.41, 5.74) is 2.45. The van der Waals surface area contributed by atoms with Crippen molar-refractivity contribution < 1.29 is 4.79 Å². The number of rotatable bonds is 4. The number of aryl methyl sites for hydroxylation is 1. The zero-order valence-electron chi connectivity index (χ0n) is 10.9. The Hall–Kier alpha value is -1.11. The SMILES string of the molecule is CCC1CCC(C(=O)Cc2ccccc2C)C1. The molecule has 0 radical (unpaired) electrons. The van der Waals surface area contributed by atoms with Crippen LogP contribution >= 0.6 is 0 Å². The van der Waals surface area contributed by atoms with Gasteiger partial charge in [0.2, 0.25) is 0 Å². The Morgan fingerprint density at radius 1 is 1.29 bits per heavy atom. The van der Waals surface area contributed by atoms with Crippen molar-refractivity contribution in [1.82, 2.24) is 0 Å². The van der Waals surface area contributed by atoms with Gasteiger partial charge in [-0.1, -0.05) is 37.6 Å². The minimum absolute atomic E-state index is 0.333. The van der Waals surface area contributed by atoms with Crippen LogP contribution in [0.4, 0.5) is 0 Å². The van der Waals surface area contributed by atoms with Crippen LogP contribution in [0, 0.1) is 18.8 Å². The predicted octanol–water partition coefficient (Wildman–Crippen LogP) is 3.93. The van der Waals surface area contributed by atoms with Gasteiger partial charge >= 0.3 is 0 Å². The maximum Gasteiger partial charge on any atom is 0.140 e.